The molecular weight excluding hydrogens is 290 g/mol. The SMILES string of the molecule is OC1(C=Cc2ccc(Br)cc2)CN2CCC1CC2. The second-order valence-corrected chi connectivity index (χ2v) is 6.34. The average Bonchev–Trinajstić information content (AvgIpc) is 2.39. The van der Waals surface area contributed by atoms with Gasteiger partial charge in [0.25, 0.3) is 0 Å². The van der Waals surface area contributed by atoms with Crippen molar-refractivity contribution in [3.8, 4) is 0 Å². The van der Waals surface area contributed by atoms with Gasteiger partial charge in [0.1, 0.15) is 0 Å². The maximum absolute atomic E-state index is 10.7. The molecule has 3 fully saturated rings. The van der Waals surface area contributed by atoms with Crippen LogP contribution in [0.15, 0.2) is 34.8 Å². The molecule has 1 atom stereocenters. The van der Waals surface area contributed by atoms with E-state index in [-0.39, 0.29) is 0 Å². The molecule has 3 heterocycles. The summed E-state index contributed by atoms with van der Waals surface area (Å²) in [6, 6.07) is 8.18. The fraction of sp³-hybridized carbons (Fsp3) is 0.467. The lowest BCUT2D eigenvalue weighted by Crippen LogP contribution is -2.58. The molecule has 4 rings (SSSR count). The van der Waals surface area contributed by atoms with E-state index >= 15 is 0 Å². The predicted molar refractivity (Wildman–Crippen MR) is 77.3 cm³/mol. The number of nitrogens with zero attached hydrogens (tertiary/aromatic N) is 1. The minimum absolute atomic E-state index is 0.439. The molecule has 3 aliphatic heterocycles. The van der Waals surface area contributed by atoms with E-state index in [1.165, 1.54) is 0 Å². The van der Waals surface area contributed by atoms with E-state index in [0.717, 1.165) is 42.5 Å². The Bertz CT molecular complexity index is 448. The maximum atomic E-state index is 10.7. The van der Waals surface area contributed by atoms with Gasteiger partial charge in [0.2, 0.25) is 0 Å². The van der Waals surface area contributed by atoms with Crippen LogP contribution in [0.4, 0.5) is 0 Å². The predicted octanol–water partition coefficient (Wildman–Crippen LogP) is 2.92. The van der Waals surface area contributed by atoms with E-state index in [4.69, 9.17) is 0 Å². The smallest absolute Gasteiger partial charge is 0.0986 e. The molecule has 2 nitrogen and oxygen atoms in total. The van der Waals surface area contributed by atoms with Crippen molar-refractivity contribution in [3.05, 3.63) is 40.4 Å². The van der Waals surface area contributed by atoms with Crippen LogP contribution in [0.2, 0.25) is 0 Å². The Morgan fingerprint density at radius 1 is 1.22 bits per heavy atom. The minimum Gasteiger partial charge on any atom is -0.384 e. The summed E-state index contributed by atoms with van der Waals surface area (Å²) in [5.74, 6) is 0.439. The van der Waals surface area contributed by atoms with Crippen molar-refractivity contribution in [1.29, 1.82) is 0 Å². The molecule has 0 amide bonds. The minimum atomic E-state index is -0.621. The molecule has 2 bridgehead atoms. The molecule has 1 N–H and O–H groups in total. The van der Waals surface area contributed by atoms with Crippen LogP contribution < -0.4 is 0 Å². The quantitative estimate of drug-likeness (QED) is 0.908. The van der Waals surface area contributed by atoms with E-state index in [1.54, 1.807) is 0 Å². The van der Waals surface area contributed by atoms with Gasteiger partial charge in [-0.25, -0.2) is 0 Å². The van der Waals surface area contributed by atoms with E-state index in [1.807, 2.05) is 24.3 Å². The van der Waals surface area contributed by atoms with E-state index in [9.17, 15) is 5.11 Å². The van der Waals surface area contributed by atoms with Gasteiger partial charge in [0.05, 0.1) is 5.60 Å². The van der Waals surface area contributed by atoms with Gasteiger partial charge in [-0.3, -0.25) is 0 Å². The summed E-state index contributed by atoms with van der Waals surface area (Å²) in [6.45, 7) is 3.10. The number of benzene rings is 1. The fourth-order valence-corrected chi connectivity index (χ4v) is 3.35. The molecule has 0 radical (unpaired) electrons. The summed E-state index contributed by atoms with van der Waals surface area (Å²) in [4.78, 5) is 2.37. The maximum Gasteiger partial charge on any atom is 0.0986 e. The van der Waals surface area contributed by atoms with E-state index in [0.29, 0.717) is 5.92 Å². The highest BCUT2D eigenvalue weighted by Crippen LogP contribution is 2.36. The zero-order valence-electron chi connectivity index (χ0n) is 10.3. The first-order valence-corrected chi connectivity index (χ1v) is 7.35. The van der Waals surface area contributed by atoms with Crippen LogP contribution in [0.1, 0.15) is 18.4 Å². The van der Waals surface area contributed by atoms with Crippen molar-refractivity contribution >= 4 is 22.0 Å². The van der Waals surface area contributed by atoms with Gasteiger partial charge in [-0.1, -0.05) is 40.2 Å². The highest BCUT2D eigenvalue weighted by Gasteiger charge is 2.43. The third-order valence-electron chi connectivity index (χ3n) is 4.21. The molecule has 3 heteroatoms. The second-order valence-electron chi connectivity index (χ2n) is 5.43. The lowest BCUT2D eigenvalue weighted by atomic mass is 9.75. The number of hydrogen-bond acceptors (Lipinski definition) is 2. The molecule has 0 spiro atoms. The van der Waals surface area contributed by atoms with Crippen LogP contribution in [0.25, 0.3) is 6.08 Å². The molecular formula is C15H18BrNO. The van der Waals surface area contributed by atoms with Crippen molar-refractivity contribution in [3.63, 3.8) is 0 Å². The normalized spacial score (nSPS) is 35.2. The van der Waals surface area contributed by atoms with Crippen molar-refractivity contribution in [2.45, 2.75) is 18.4 Å². The lowest BCUT2D eigenvalue weighted by molar-refractivity contribution is -0.0775. The third kappa shape index (κ3) is 2.40. The number of rotatable bonds is 2. The number of halogens is 1. The van der Waals surface area contributed by atoms with E-state index in [2.05, 4.69) is 33.0 Å². The first-order valence-electron chi connectivity index (χ1n) is 6.55. The summed E-state index contributed by atoms with van der Waals surface area (Å²) in [6.07, 6.45) is 6.31. The molecule has 0 aliphatic carbocycles. The number of hydrogen-bond donors (Lipinski definition) is 1. The monoisotopic (exact) mass is 307 g/mol. The topological polar surface area (TPSA) is 23.5 Å². The Morgan fingerprint density at radius 2 is 1.89 bits per heavy atom. The Labute approximate surface area is 116 Å². The van der Waals surface area contributed by atoms with Gasteiger partial charge < -0.3 is 10.0 Å². The highest BCUT2D eigenvalue weighted by atomic mass is 79.9. The van der Waals surface area contributed by atoms with Gasteiger partial charge in [-0.05, 0) is 49.5 Å². The zero-order chi connectivity index (χ0) is 12.6. The van der Waals surface area contributed by atoms with Crippen molar-refractivity contribution in [2.75, 3.05) is 19.6 Å². The summed E-state index contributed by atoms with van der Waals surface area (Å²) < 4.78 is 1.08. The van der Waals surface area contributed by atoms with Crippen LogP contribution in [0.3, 0.4) is 0 Å². The average molecular weight is 308 g/mol. The van der Waals surface area contributed by atoms with Gasteiger partial charge in [0, 0.05) is 11.0 Å². The Balaban J connectivity index is 1.77. The third-order valence-corrected chi connectivity index (χ3v) is 4.73. The molecule has 96 valence electrons. The van der Waals surface area contributed by atoms with Crippen LogP contribution in [-0.2, 0) is 0 Å². The largest absolute Gasteiger partial charge is 0.384 e. The van der Waals surface area contributed by atoms with Crippen LogP contribution in [-0.4, -0.2) is 35.2 Å². The van der Waals surface area contributed by atoms with Crippen molar-refractivity contribution < 1.29 is 5.11 Å². The molecule has 3 aliphatic rings. The summed E-state index contributed by atoms with van der Waals surface area (Å²) >= 11 is 3.43. The first-order chi connectivity index (χ1) is 8.66. The zero-order valence-corrected chi connectivity index (χ0v) is 11.9. The van der Waals surface area contributed by atoms with Crippen molar-refractivity contribution in [1.82, 2.24) is 4.90 Å². The number of aliphatic hydroxyl groups is 1. The Kier molecular flexibility index (Phi) is 3.31. The van der Waals surface area contributed by atoms with Gasteiger partial charge in [-0.15, -0.1) is 0 Å². The summed E-state index contributed by atoms with van der Waals surface area (Å²) in [5.41, 5.74) is 0.520. The van der Waals surface area contributed by atoms with E-state index < -0.39 is 5.60 Å². The Hall–Kier alpha value is -0.640. The second kappa shape index (κ2) is 4.80. The molecule has 1 unspecified atom stereocenters. The van der Waals surface area contributed by atoms with Crippen LogP contribution in [0, 0.1) is 5.92 Å². The standard InChI is InChI=1S/C15H18BrNO/c16-14-3-1-12(2-4-14)5-8-15(18)11-17-9-6-13(15)7-10-17/h1-5,8,13,18H,6-7,9-11H2. The fourth-order valence-electron chi connectivity index (χ4n) is 3.08. The van der Waals surface area contributed by atoms with Gasteiger partial charge in [0.15, 0.2) is 0 Å². The summed E-state index contributed by atoms with van der Waals surface area (Å²) in [5, 5.41) is 10.7. The molecule has 0 saturated carbocycles. The highest BCUT2D eigenvalue weighted by molar-refractivity contribution is 9.10. The molecule has 1 aromatic rings. The molecule has 1 aromatic carbocycles. The lowest BCUT2D eigenvalue weighted by Gasteiger charge is -2.49. The molecule has 18 heavy (non-hydrogen) atoms. The van der Waals surface area contributed by atoms with Gasteiger partial charge >= 0.3 is 0 Å². The van der Waals surface area contributed by atoms with Crippen LogP contribution >= 0.6 is 15.9 Å². The number of fused-ring (bicyclic) bond motifs is 3. The number of piperidine rings is 3. The molecule has 3 saturated heterocycles. The van der Waals surface area contributed by atoms with Crippen LogP contribution in [0.5, 0.6) is 0 Å². The molecule has 0 aromatic heterocycles. The summed E-state index contributed by atoms with van der Waals surface area (Å²) in [7, 11) is 0. The van der Waals surface area contributed by atoms with Gasteiger partial charge in [-0.2, -0.15) is 0 Å². The Morgan fingerprint density at radius 3 is 2.44 bits per heavy atom. The first kappa shape index (κ1) is 12.4. The van der Waals surface area contributed by atoms with Crippen molar-refractivity contribution in [2.24, 2.45) is 5.92 Å².